The van der Waals surface area contributed by atoms with Gasteiger partial charge >= 0.3 is 0 Å². The molecule has 9 heteroatoms. The Labute approximate surface area is 236 Å². The van der Waals surface area contributed by atoms with E-state index in [-0.39, 0.29) is 11.1 Å². The first-order valence-corrected chi connectivity index (χ1v) is 13.5. The molecule has 0 amide bonds. The average molecular weight is 559 g/mol. The second kappa shape index (κ2) is 11.4. The van der Waals surface area contributed by atoms with Gasteiger partial charge in [-0.25, -0.2) is 0 Å². The lowest BCUT2D eigenvalue weighted by molar-refractivity contribution is 0.287. The molecule has 2 aromatic heterocycles. The Kier molecular flexibility index (Phi) is 7.71. The third-order valence-electron chi connectivity index (χ3n) is 6.82. The van der Waals surface area contributed by atoms with Gasteiger partial charge in [-0.3, -0.25) is 29.2 Å². The molecule has 5 rings (SSSR count). The summed E-state index contributed by atoms with van der Waals surface area (Å²) in [5, 5.41) is 6.76. The van der Waals surface area contributed by atoms with Crippen LogP contribution in [-0.4, -0.2) is 32.8 Å². The predicted octanol–water partition coefficient (Wildman–Crippen LogP) is 5.71. The van der Waals surface area contributed by atoms with Gasteiger partial charge in [0.1, 0.15) is 0 Å². The van der Waals surface area contributed by atoms with Crippen molar-refractivity contribution in [1.29, 1.82) is 0 Å². The van der Waals surface area contributed by atoms with Crippen LogP contribution in [0.25, 0.3) is 22.5 Å². The maximum atomic E-state index is 13.9. The second-order valence-electron chi connectivity index (χ2n) is 9.39. The number of nitrogens with one attached hydrogen (secondary N) is 2. The topological polar surface area (TPSA) is 94.0 Å². The molecule has 8 nitrogen and oxygen atoms in total. The van der Waals surface area contributed by atoms with Gasteiger partial charge in [-0.2, -0.15) is 0 Å². The van der Waals surface area contributed by atoms with E-state index in [9.17, 15) is 9.59 Å². The van der Waals surface area contributed by atoms with Gasteiger partial charge < -0.3 is 9.47 Å². The monoisotopic (exact) mass is 558 g/mol. The summed E-state index contributed by atoms with van der Waals surface area (Å²) in [7, 11) is 3.33. The Hall–Kier alpha value is -4.43. The highest BCUT2D eigenvalue weighted by Gasteiger charge is 2.33. The van der Waals surface area contributed by atoms with Gasteiger partial charge in [0.25, 0.3) is 11.1 Å². The first kappa shape index (κ1) is 27.1. The molecule has 0 fully saturated rings. The van der Waals surface area contributed by atoms with E-state index in [4.69, 9.17) is 21.1 Å². The Balaban J connectivity index is 1.89. The van der Waals surface area contributed by atoms with Crippen molar-refractivity contribution in [1.82, 2.24) is 19.6 Å². The standard InChI is InChI=1S/C31H31ClN4O4/c1-5-39-23-18-21(17-22(32)29(23)40-6-2)24(25-27(33-35(3)30(25)37)19-13-9-7-10-14-19)26-28(34-36(4)31(26)38)20-15-11-8-12-16-20/h7-18,24,33-34H,5-6H2,1-4H3. The van der Waals surface area contributed by atoms with Crippen LogP contribution in [0.5, 0.6) is 11.5 Å². The SMILES string of the molecule is CCOc1cc(C(c2c(-c3ccccc3)[nH]n(C)c2=O)c2c(-c3ccccc3)[nH]n(C)c2=O)cc(Cl)c1OCC. The zero-order valence-corrected chi connectivity index (χ0v) is 23.6. The van der Waals surface area contributed by atoms with E-state index in [1.54, 1.807) is 20.2 Å². The van der Waals surface area contributed by atoms with Gasteiger partial charge in [0.15, 0.2) is 11.5 Å². The minimum atomic E-state index is -0.798. The average Bonchev–Trinajstić information content (AvgIpc) is 3.42. The molecule has 0 aliphatic heterocycles. The number of halogens is 1. The zero-order chi connectivity index (χ0) is 28.4. The summed E-state index contributed by atoms with van der Waals surface area (Å²) in [6.07, 6.45) is 0. The number of nitrogens with zero attached hydrogens (tertiary/aromatic N) is 2. The number of rotatable bonds is 9. The van der Waals surface area contributed by atoms with Crippen molar-refractivity contribution >= 4 is 11.6 Å². The van der Waals surface area contributed by atoms with Crippen LogP contribution < -0.4 is 20.6 Å². The van der Waals surface area contributed by atoms with Crippen molar-refractivity contribution < 1.29 is 9.47 Å². The van der Waals surface area contributed by atoms with E-state index in [1.807, 2.05) is 80.6 Å². The molecule has 0 saturated heterocycles. The maximum Gasteiger partial charge on any atom is 0.271 e. The molecule has 0 saturated carbocycles. The normalized spacial score (nSPS) is 11.2. The van der Waals surface area contributed by atoms with Crippen molar-refractivity contribution in [3.05, 3.63) is 115 Å². The van der Waals surface area contributed by atoms with E-state index in [0.717, 1.165) is 11.1 Å². The van der Waals surface area contributed by atoms with Crippen molar-refractivity contribution in [2.45, 2.75) is 19.8 Å². The van der Waals surface area contributed by atoms with E-state index in [0.29, 0.717) is 57.8 Å². The minimum absolute atomic E-state index is 0.255. The number of aryl methyl sites for hydroxylation is 2. The Morgan fingerprint density at radius 2 is 1.23 bits per heavy atom. The molecule has 40 heavy (non-hydrogen) atoms. The van der Waals surface area contributed by atoms with Crippen molar-refractivity contribution in [2.75, 3.05) is 13.2 Å². The van der Waals surface area contributed by atoms with Gasteiger partial charge in [-0.15, -0.1) is 0 Å². The summed E-state index contributed by atoms with van der Waals surface area (Å²) in [6.45, 7) is 4.52. The van der Waals surface area contributed by atoms with Gasteiger partial charge in [0.05, 0.1) is 40.8 Å². The molecule has 3 aromatic carbocycles. The van der Waals surface area contributed by atoms with Crippen LogP contribution in [0.2, 0.25) is 5.02 Å². The molecule has 0 unspecified atom stereocenters. The lowest BCUT2D eigenvalue weighted by atomic mass is 9.83. The number of hydrogen-bond donors (Lipinski definition) is 2. The number of H-pyrrole nitrogens is 2. The lowest BCUT2D eigenvalue weighted by Crippen LogP contribution is -2.24. The molecular weight excluding hydrogens is 528 g/mol. The minimum Gasteiger partial charge on any atom is -0.490 e. The van der Waals surface area contributed by atoms with Crippen LogP contribution in [0.1, 0.15) is 36.5 Å². The highest BCUT2D eigenvalue weighted by molar-refractivity contribution is 6.32. The molecule has 5 aromatic rings. The quantitative estimate of drug-likeness (QED) is 0.242. The predicted molar refractivity (Wildman–Crippen MR) is 158 cm³/mol. The fourth-order valence-electron chi connectivity index (χ4n) is 5.10. The summed E-state index contributed by atoms with van der Waals surface area (Å²) in [5.41, 5.74) is 3.82. The van der Waals surface area contributed by atoms with Crippen molar-refractivity contribution in [2.24, 2.45) is 14.1 Å². The Morgan fingerprint density at radius 1 is 0.750 bits per heavy atom. The number of aromatic amines is 2. The summed E-state index contributed by atoms with van der Waals surface area (Å²) < 4.78 is 14.6. The second-order valence-corrected chi connectivity index (χ2v) is 9.80. The van der Waals surface area contributed by atoms with Gasteiger partial charge in [-0.05, 0) is 42.7 Å². The number of hydrogen-bond acceptors (Lipinski definition) is 4. The summed E-state index contributed by atoms with van der Waals surface area (Å²) in [6, 6.07) is 22.7. The van der Waals surface area contributed by atoms with Crippen LogP contribution in [-0.2, 0) is 14.1 Å². The molecule has 2 heterocycles. The van der Waals surface area contributed by atoms with Gasteiger partial charge in [-0.1, -0.05) is 72.3 Å². The molecule has 0 spiro atoms. The summed E-state index contributed by atoms with van der Waals surface area (Å²) >= 11 is 6.78. The van der Waals surface area contributed by atoms with Crippen LogP contribution in [0.4, 0.5) is 0 Å². The molecule has 2 N–H and O–H groups in total. The molecule has 0 atom stereocenters. The van der Waals surface area contributed by atoms with Crippen molar-refractivity contribution in [3.8, 4) is 34.0 Å². The van der Waals surface area contributed by atoms with Crippen molar-refractivity contribution in [3.63, 3.8) is 0 Å². The molecule has 0 radical (unpaired) electrons. The maximum absolute atomic E-state index is 13.9. The smallest absolute Gasteiger partial charge is 0.271 e. The number of aromatic nitrogens is 4. The zero-order valence-electron chi connectivity index (χ0n) is 22.8. The van der Waals surface area contributed by atoms with Gasteiger partial charge in [0, 0.05) is 20.0 Å². The van der Waals surface area contributed by atoms with E-state index >= 15 is 0 Å². The largest absolute Gasteiger partial charge is 0.490 e. The fraction of sp³-hybridized carbons (Fsp3) is 0.226. The summed E-state index contributed by atoms with van der Waals surface area (Å²) in [4.78, 5) is 27.8. The van der Waals surface area contributed by atoms with Gasteiger partial charge in [0.2, 0.25) is 0 Å². The lowest BCUT2D eigenvalue weighted by Gasteiger charge is -2.21. The Bertz CT molecular complexity index is 1650. The first-order chi connectivity index (χ1) is 19.3. The van der Waals surface area contributed by atoms with E-state index in [2.05, 4.69) is 10.2 Å². The fourth-order valence-corrected chi connectivity index (χ4v) is 5.37. The highest BCUT2D eigenvalue weighted by Crippen LogP contribution is 2.44. The number of ether oxygens (including phenoxy) is 2. The third kappa shape index (κ3) is 4.86. The molecule has 206 valence electrons. The van der Waals surface area contributed by atoms with Crippen LogP contribution in [0, 0.1) is 0 Å². The van der Waals surface area contributed by atoms with Crippen LogP contribution in [0.15, 0.2) is 82.4 Å². The molecule has 0 bridgehead atoms. The molecule has 0 aliphatic carbocycles. The first-order valence-electron chi connectivity index (χ1n) is 13.1. The number of benzene rings is 3. The Morgan fingerprint density at radius 3 is 1.68 bits per heavy atom. The van der Waals surface area contributed by atoms with E-state index < -0.39 is 5.92 Å². The van der Waals surface area contributed by atoms with E-state index in [1.165, 1.54) is 9.36 Å². The highest BCUT2D eigenvalue weighted by atomic mass is 35.5. The van der Waals surface area contributed by atoms with Crippen LogP contribution in [0.3, 0.4) is 0 Å². The third-order valence-corrected chi connectivity index (χ3v) is 7.10. The molecular formula is C31H31ClN4O4. The van der Waals surface area contributed by atoms with Crippen LogP contribution >= 0.6 is 11.6 Å². The summed E-state index contributed by atoms with van der Waals surface area (Å²) in [5.74, 6) is 0.0656. The molecule has 0 aliphatic rings.